The molecule has 0 spiro atoms. The first-order valence-electron chi connectivity index (χ1n) is 6.94. The zero-order valence-corrected chi connectivity index (χ0v) is 13.3. The lowest BCUT2D eigenvalue weighted by Gasteiger charge is -2.17. The second-order valence-corrected chi connectivity index (χ2v) is 6.08. The fourth-order valence-corrected chi connectivity index (χ4v) is 2.65. The van der Waals surface area contributed by atoms with Gasteiger partial charge in [0.1, 0.15) is 5.82 Å². The molecule has 1 aromatic carbocycles. The first kappa shape index (κ1) is 15.9. The number of esters is 1. The molecular weight excluding hydrogens is 341 g/mol. The van der Waals surface area contributed by atoms with Gasteiger partial charge in [-0.25, -0.2) is 9.18 Å². The average molecular weight is 358 g/mol. The predicted octanol–water partition coefficient (Wildman–Crippen LogP) is 3.19. The molecule has 0 heterocycles. The maximum atomic E-state index is 13.6. The van der Waals surface area contributed by atoms with Gasteiger partial charge in [0.05, 0.1) is 5.56 Å². The number of ether oxygens (including phenoxy) is 1. The molecule has 1 aliphatic rings. The topological polar surface area (TPSA) is 55.4 Å². The van der Waals surface area contributed by atoms with E-state index in [1.54, 1.807) is 6.07 Å². The minimum Gasteiger partial charge on any atom is -0.449 e. The Balaban J connectivity index is 1.93. The van der Waals surface area contributed by atoms with Crippen LogP contribution in [-0.2, 0) is 9.53 Å². The van der Waals surface area contributed by atoms with Crippen LogP contribution < -0.4 is 5.32 Å². The molecule has 0 bridgehead atoms. The Morgan fingerprint density at radius 2 is 2.05 bits per heavy atom. The summed E-state index contributed by atoms with van der Waals surface area (Å²) in [7, 11) is 0. The van der Waals surface area contributed by atoms with Crippen molar-refractivity contribution in [2.75, 3.05) is 0 Å². The van der Waals surface area contributed by atoms with E-state index >= 15 is 0 Å². The fourth-order valence-electron chi connectivity index (χ4n) is 2.32. The molecule has 114 valence electrons. The van der Waals surface area contributed by atoms with Crippen molar-refractivity contribution in [3.8, 4) is 0 Å². The number of hydrogen-bond acceptors (Lipinski definition) is 3. The summed E-state index contributed by atoms with van der Waals surface area (Å²) in [6.07, 6.45) is 3.16. The molecule has 1 aliphatic carbocycles. The van der Waals surface area contributed by atoms with E-state index in [0.29, 0.717) is 4.47 Å². The van der Waals surface area contributed by atoms with Crippen LogP contribution in [-0.4, -0.2) is 24.0 Å². The quantitative estimate of drug-likeness (QED) is 0.841. The van der Waals surface area contributed by atoms with Gasteiger partial charge in [-0.05, 0) is 38.0 Å². The van der Waals surface area contributed by atoms with E-state index < -0.39 is 17.9 Å². The van der Waals surface area contributed by atoms with E-state index in [9.17, 15) is 14.0 Å². The van der Waals surface area contributed by atoms with Crippen LogP contribution in [0.1, 0.15) is 43.0 Å². The van der Waals surface area contributed by atoms with Crippen LogP contribution in [0.3, 0.4) is 0 Å². The Hall–Kier alpha value is -1.43. The van der Waals surface area contributed by atoms with E-state index in [1.807, 2.05) is 0 Å². The zero-order chi connectivity index (χ0) is 15.4. The Bertz CT molecular complexity index is 544. The first-order valence-corrected chi connectivity index (χ1v) is 7.73. The monoisotopic (exact) mass is 357 g/mol. The molecule has 0 aromatic heterocycles. The largest absolute Gasteiger partial charge is 0.449 e. The van der Waals surface area contributed by atoms with Crippen molar-refractivity contribution >= 4 is 27.8 Å². The number of carbonyl (C=O) groups excluding carboxylic acids is 2. The third-order valence-corrected chi connectivity index (χ3v) is 4.00. The Labute approximate surface area is 131 Å². The number of halogens is 2. The van der Waals surface area contributed by atoms with E-state index in [4.69, 9.17) is 4.74 Å². The molecule has 1 amide bonds. The SMILES string of the molecule is C[C@@H](OC(=O)c1ccc(Br)cc1F)C(=O)NC1CCCC1. The number of benzene rings is 1. The zero-order valence-electron chi connectivity index (χ0n) is 11.7. The third kappa shape index (κ3) is 4.27. The van der Waals surface area contributed by atoms with Crippen LogP contribution in [0, 0.1) is 5.82 Å². The highest BCUT2D eigenvalue weighted by molar-refractivity contribution is 9.10. The lowest BCUT2D eigenvalue weighted by Crippen LogP contribution is -2.40. The molecule has 2 rings (SSSR count). The number of rotatable bonds is 4. The molecule has 1 atom stereocenters. The highest BCUT2D eigenvalue weighted by Gasteiger charge is 2.24. The molecule has 0 aliphatic heterocycles. The number of hydrogen-bond donors (Lipinski definition) is 1. The second kappa shape index (κ2) is 7.02. The van der Waals surface area contributed by atoms with Gasteiger partial charge in [0.2, 0.25) is 0 Å². The molecule has 0 unspecified atom stereocenters. The summed E-state index contributed by atoms with van der Waals surface area (Å²) in [4.78, 5) is 23.8. The normalized spacial score (nSPS) is 16.5. The van der Waals surface area contributed by atoms with Crippen molar-refractivity contribution in [1.82, 2.24) is 5.32 Å². The minimum atomic E-state index is -0.943. The van der Waals surface area contributed by atoms with Gasteiger partial charge in [-0.2, -0.15) is 0 Å². The molecule has 21 heavy (non-hydrogen) atoms. The minimum absolute atomic E-state index is 0.156. The molecule has 0 saturated heterocycles. The van der Waals surface area contributed by atoms with E-state index in [2.05, 4.69) is 21.2 Å². The maximum Gasteiger partial charge on any atom is 0.341 e. The van der Waals surface area contributed by atoms with Gasteiger partial charge in [0, 0.05) is 10.5 Å². The molecular formula is C15H17BrFNO3. The molecule has 1 aromatic rings. The van der Waals surface area contributed by atoms with Crippen molar-refractivity contribution in [3.05, 3.63) is 34.1 Å². The smallest absolute Gasteiger partial charge is 0.341 e. The summed E-state index contributed by atoms with van der Waals surface area (Å²) >= 11 is 3.11. The molecule has 1 saturated carbocycles. The van der Waals surface area contributed by atoms with Crippen LogP contribution in [0.2, 0.25) is 0 Å². The number of amides is 1. The van der Waals surface area contributed by atoms with Crippen LogP contribution >= 0.6 is 15.9 Å². The Morgan fingerprint density at radius 1 is 1.38 bits per heavy atom. The van der Waals surface area contributed by atoms with Gasteiger partial charge >= 0.3 is 5.97 Å². The van der Waals surface area contributed by atoms with Crippen molar-refractivity contribution in [1.29, 1.82) is 0 Å². The summed E-state index contributed by atoms with van der Waals surface area (Å²) < 4.78 is 19.2. The van der Waals surface area contributed by atoms with Crippen LogP contribution in [0.25, 0.3) is 0 Å². The summed E-state index contributed by atoms with van der Waals surface area (Å²) in [6, 6.07) is 4.20. The van der Waals surface area contributed by atoms with Gasteiger partial charge in [0.25, 0.3) is 5.91 Å². The lowest BCUT2D eigenvalue weighted by atomic mass is 10.2. The third-order valence-electron chi connectivity index (χ3n) is 3.51. The van der Waals surface area contributed by atoms with Gasteiger partial charge in [-0.15, -0.1) is 0 Å². The molecule has 0 radical (unpaired) electrons. The van der Waals surface area contributed by atoms with Gasteiger partial charge in [0.15, 0.2) is 6.10 Å². The van der Waals surface area contributed by atoms with Gasteiger partial charge < -0.3 is 10.1 Å². The van der Waals surface area contributed by atoms with Crippen LogP contribution in [0.4, 0.5) is 4.39 Å². The van der Waals surface area contributed by atoms with Crippen molar-refractivity contribution in [2.24, 2.45) is 0 Å². The van der Waals surface area contributed by atoms with Crippen molar-refractivity contribution in [2.45, 2.75) is 44.8 Å². The predicted molar refractivity (Wildman–Crippen MR) is 79.4 cm³/mol. The summed E-state index contributed by atoms with van der Waals surface area (Å²) in [5.74, 6) is -1.86. The fraction of sp³-hybridized carbons (Fsp3) is 0.467. The van der Waals surface area contributed by atoms with Crippen LogP contribution in [0.15, 0.2) is 22.7 Å². The van der Waals surface area contributed by atoms with Gasteiger partial charge in [-0.3, -0.25) is 4.79 Å². The Kier molecular flexibility index (Phi) is 5.33. The maximum absolute atomic E-state index is 13.6. The average Bonchev–Trinajstić information content (AvgIpc) is 2.91. The highest BCUT2D eigenvalue weighted by atomic mass is 79.9. The highest BCUT2D eigenvalue weighted by Crippen LogP contribution is 2.19. The molecule has 6 heteroatoms. The van der Waals surface area contributed by atoms with Crippen LogP contribution in [0.5, 0.6) is 0 Å². The molecule has 1 fully saturated rings. The number of carbonyl (C=O) groups is 2. The van der Waals surface area contributed by atoms with Crippen molar-refractivity contribution < 1.29 is 18.7 Å². The lowest BCUT2D eigenvalue weighted by molar-refractivity contribution is -0.129. The van der Waals surface area contributed by atoms with E-state index in [1.165, 1.54) is 19.1 Å². The standard InChI is InChI=1S/C15H17BrFNO3/c1-9(14(19)18-11-4-2-3-5-11)21-15(20)12-7-6-10(16)8-13(12)17/h6-9,11H,2-5H2,1H3,(H,18,19)/t9-/m1/s1. The van der Waals surface area contributed by atoms with Gasteiger partial charge in [-0.1, -0.05) is 28.8 Å². The summed E-state index contributed by atoms with van der Waals surface area (Å²) in [5, 5.41) is 2.84. The number of nitrogens with one attached hydrogen (secondary N) is 1. The summed E-state index contributed by atoms with van der Waals surface area (Å²) in [6.45, 7) is 1.49. The van der Waals surface area contributed by atoms with E-state index in [-0.39, 0.29) is 17.5 Å². The summed E-state index contributed by atoms with van der Waals surface area (Å²) in [5.41, 5.74) is -0.182. The Morgan fingerprint density at radius 3 is 2.67 bits per heavy atom. The van der Waals surface area contributed by atoms with E-state index in [0.717, 1.165) is 25.7 Å². The molecule has 4 nitrogen and oxygen atoms in total. The first-order chi connectivity index (χ1) is 9.97. The van der Waals surface area contributed by atoms with Crippen molar-refractivity contribution in [3.63, 3.8) is 0 Å². The second-order valence-electron chi connectivity index (χ2n) is 5.16. The molecule has 1 N–H and O–H groups in total.